The lowest BCUT2D eigenvalue weighted by Gasteiger charge is -2.41. The molecule has 1 atom stereocenters. The molecule has 0 saturated carbocycles. The summed E-state index contributed by atoms with van der Waals surface area (Å²) in [5.41, 5.74) is 2.94. The van der Waals surface area contributed by atoms with E-state index in [4.69, 9.17) is 19.0 Å². The van der Waals surface area contributed by atoms with Crippen LogP contribution in [0.25, 0.3) is 11.1 Å². The molecule has 4 rings (SSSR count). The van der Waals surface area contributed by atoms with Crippen LogP contribution in [-0.4, -0.2) is 35.0 Å². The number of hydrogen-bond acceptors (Lipinski definition) is 5. The van der Waals surface area contributed by atoms with Crippen LogP contribution in [0.15, 0.2) is 71.7 Å². The fourth-order valence-electron chi connectivity index (χ4n) is 5.28. The lowest BCUT2D eigenvalue weighted by Crippen LogP contribution is -2.38. The molecule has 1 aliphatic rings. The van der Waals surface area contributed by atoms with Gasteiger partial charge in [-0.1, -0.05) is 83.5 Å². The molecule has 5 nitrogen and oxygen atoms in total. The van der Waals surface area contributed by atoms with Crippen molar-refractivity contribution < 1.29 is 23.0 Å². The summed E-state index contributed by atoms with van der Waals surface area (Å²) >= 11 is 0. The van der Waals surface area contributed by atoms with Crippen LogP contribution < -0.4 is 4.74 Å². The fourth-order valence-corrected chi connectivity index (χ4v) is 8.49. The number of nitrogens with zero attached hydrogens (tertiary/aromatic N) is 1. The lowest BCUT2D eigenvalue weighted by molar-refractivity contribution is 0.158. The average Bonchev–Trinajstić information content (AvgIpc) is 3.27. The Morgan fingerprint density at radius 1 is 0.902 bits per heavy atom. The van der Waals surface area contributed by atoms with Crippen molar-refractivity contribution >= 4 is 13.3 Å². The molecule has 1 aliphatic heterocycles. The first kappa shape index (κ1) is 31.0. The van der Waals surface area contributed by atoms with E-state index < -0.39 is 23.2 Å². The van der Waals surface area contributed by atoms with Crippen molar-refractivity contribution in [3.05, 3.63) is 83.7 Å². The van der Waals surface area contributed by atoms with Crippen molar-refractivity contribution in [2.45, 2.75) is 84.1 Å². The molecule has 0 bridgehead atoms. The molecular formula is C34H43FNO4P. The summed E-state index contributed by atoms with van der Waals surface area (Å²) in [5.74, 6) is 1.41. The molecule has 41 heavy (non-hydrogen) atoms. The number of halogens is 1. The summed E-state index contributed by atoms with van der Waals surface area (Å²) < 4.78 is 47.0. The van der Waals surface area contributed by atoms with Crippen molar-refractivity contribution in [2.24, 2.45) is 4.99 Å². The van der Waals surface area contributed by atoms with Gasteiger partial charge in [0.2, 0.25) is 7.37 Å². The molecule has 0 aliphatic carbocycles. The smallest absolute Gasteiger partial charge is 0.213 e. The highest BCUT2D eigenvalue weighted by Gasteiger charge is 2.49. The Morgan fingerprint density at radius 3 is 2.05 bits per heavy atom. The maximum atomic E-state index is 15.0. The lowest BCUT2D eigenvalue weighted by atomic mass is 9.93. The first-order valence-electron chi connectivity index (χ1n) is 14.2. The van der Waals surface area contributed by atoms with E-state index in [0.717, 1.165) is 23.1 Å². The molecule has 1 unspecified atom stereocenters. The zero-order valence-corrected chi connectivity index (χ0v) is 26.5. The summed E-state index contributed by atoms with van der Waals surface area (Å²) in [6.07, 6.45) is 1.41. The van der Waals surface area contributed by atoms with Gasteiger partial charge in [0.1, 0.15) is 29.5 Å². The van der Waals surface area contributed by atoms with Crippen LogP contribution in [0.2, 0.25) is 0 Å². The van der Waals surface area contributed by atoms with E-state index in [-0.39, 0.29) is 12.4 Å². The van der Waals surface area contributed by atoms with Crippen LogP contribution in [-0.2, 0) is 20.2 Å². The van der Waals surface area contributed by atoms with Gasteiger partial charge in [-0.15, -0.1) is 0 Å². The average molecular weight is 580 g/mol. The number of hydrogen-bond donors (Lipinski definition) is 0. The second-order valence-electron chi connectivity index (χ2n) is 13.1. The van der Waals surface area contributed by atoms with Crippen LogP contribution in [0.4, 0.5) is 4.39 Å². The molecule has 0 amide bonds. The van der Waals surface area contributed by atoms with Crippen molar-refractivity contribution in [3.63, 3.8) is 0 Å². The van der Waals surface area contributed by atoms with Gasteiger partial charge in [0.05, 0.1) is 6.61 Å². The second kappa shape index (κ2) is 11.7. The standard InChI is InChI=1S/C34H43FNO4P/c1-24-9-15-28(16-10-24)40-29-17-18-30(31(35)21-29)27-13-11-26(12-14-27)19-20-34(22-38-25(2)36-34)23-39-41(37,32(3,4)5)33(6,7)8/h9-18,21H,19-20,22-23H2,1-8H3. The van der Waals surface area contributed by atoms with E-state index in [1.807, 2.05) is 104 Å². The van der Waals surface area contributed by atoms with Gasteiger partial charge in [0.15, 0.2) is 5.90 Å². The van der Waals surface area contributed by atoms with Gasteiger partial charge in [-0.3, -0.25) is 4.57 Å². The predicted molar refractivity (Wildman–Crippen MR) is 166 cm³/mol. The molecule has 0 N–H and O–H groups in total. The third kappa shape index (κ3) is 7.10. The molecule has 3 aromatic rings. The van der Waals surface area contributed by atoms with Gasteiger partial charge in [0.25, 0.3) is 0 Å². The van der Waals surface area contributed by atoms with E-state index in [9.17, 15) is 4.57 Å². The Hall–Kier alpha value is -2.95. The normalized spacial score (nSPS) is 17.7. The van der Waals surface area contributed by atoms with Crippen LogP contribution >= 0.6 is 7.37 Å². The van der Waals surface area contributed by atoms with E-state index >= 15 is 4.39 Å². The minimum Gasteiger partial charge on any atom is -0.479 e. The SMILES string of the molecule is CC1=NC(CCc2ccc(-c3ccc(Oc4ccc(C)cc4)cc3F)cc2)(COP(=O)(C(C)(C)C)C(C)(C)C)CO1. The zero-order valence-electron chi connectivity index (χ0n) is 25.6. The third-order valence-corrected chi connectivity index (χ3v) is 11.6. The maximum absolute atomic E-state index is 15.0. The molecule has 3 aromatic carbocycles. The monoisotopic (exact) mass is 579 g/mol. The maximum Gasteiger partial charge on any atom is 0.213 e. The third-order valence-electron chi connectivity index (χ3n) is 7.57. The van der Waals surface area contributed by atoms with Crippen molar-refractivity contribution in [3.8, 4) is 22.6 Å². The highest BCUT2D eigenvalue weighted by molar-refractivity contribution is 7.62. The molecule has 1 heterocycles. The van der Waals surface area contributed by atoms with Gasteiger partial charge in [0, 0.05) is 28.9 Å². The summed E-state index contributed by atoms with van der Waals surface area (Å²) in [5, 5.41) is -0.998. The Bertz CT molecular complexity index is 1420. The van der Waals surface area contributed by atoms with E-state index in [2.05, 4.69) is 0 Å². The van der Waals surface area contributed by atoms with Crippen LogP contribution in [0.5, 0.6) is 11.5 Å². The zero-order chi connectivity index (χ0) is 30.1. The molecule has 220 valence electrons. The number of aryl methyl sites for hydroxylation is 2. The Balaban J connectivity index is 1.44. The fraction of sp³-hybridized carbons (Fsp3) is 0.441. The summed E-state index contributed by atoms with van der Waals surface area (Å²) in [6.45, 7) is 16.3. The molecule has 0 fully saturated rings. The van der Waals surface area contributed by atoms with E-state index in [1.165, 1.54) is 6.07 Å². The second-order valence-corrected chi connectivity index (χ2v) is 17.1. The van der Waals surface area contributed by atoms with Gasteiger partial charge in [-0.2, -0.15) is 0 Å². The van der Waals surface area contributed by atoms with Gasteiger partial charge >= 0.3 is 0 Å². The number of benzene rings is 3. The van der Waals surface area contributed by atoms with Crippen LogP contribution in [0, 0.1) is 12.7 Å². The van der Waals surface area contributed by atoms with Crippen molar-refractivity contribution in [1.29, 1.82) is 0 Å². The molecule has 7 heteroatoms. The summed E-state index contributed by atoms with van der Waals surface area (Å²) in [6, 6.07) is 20.5. The topological polar surface area (TPSA) is 57.1 Å². The van der Waals surface area contributed by atoms with Gasteiger partial charge in [-0.05, 0) is 55.2 Å². The minimum absolute atomic E-state index is 0.233. The van der Waals surface area contributed by atoms with E-state index in [1.54, 1.807) is 12.1 Å². The molecule has 0 aromatic heterocycles. The number of ether oxygens (including phenoxy) is 2. The van der Waals surface area contributed by atoms with Crippen LogP contribution in [0.3, 0.4) is 0 Å². The van der Waals surface area contributed by atoms with Gasteiger partial charge < -0.3 is 14.0 Å². The largest absolute Gasteiger partial charge is 0.479 e. The summed E-state index contributed by atoms with van der Waals surface area (Å²) in [7, 11) is -3.04. The molecule has 0 spiro atoms. The molecule has 0 saturated heterocycles. The first-order valence-corrected chi connectivity index (χ1v) is 15.8. The Morgan fingerprint density at radius 2 is 1.51 bits per heavy atom. The Kier molecular flexibility index (Phi) is 8.87. The first-order chi connectivity index (χ1) is 19.1. The number of rotatable bonds is 9. The van der Waals surface area contributed by atoms with Crippen molar-refractivity contribution in [2.75, 3.05) is 13.2 Å². The van der Waals surface area contributed by atoms with Gasteiger partial charge in [-0.25, -0.2) is 9.38 Å². The number of aliphatic imine (C=N–C) groups is 1. The van der Waals surface area contributed by atoms with Crippen molar-refractivity contribution in [1.82, 2.24) is 0 Å². The highest BCUT2D eigenvalue weighted by atomic mass is 31.2. The quantitative estimate of drug-likeness (QED) is 0.237. The molecular weight excluding hydrogens is 536 g/mol. The van der Waals surface area contributed by atoms with Crippen LogP contribution in [0.1, 0.15) is 66.0 Å². The Labute approximate surface area is 244 Å². The predicted octanol–water partition coefficient (Wildman–Crippen LogP) is 9.61. The highest BCUT2D eigenvalue weighted by Crippen LogP contribution is 2.67. The minimum atomic E-state index is -3.04. The molecule has 0 radical (unpaired) electrons. The summed E-state index contributed by atoms with van der Waals surface area (Å²) in [4.78, 5) is 4.81. The van der Waals surface area contributed by atoms with E-state index in [0.29, 0.717) is 36.0 Å².